The predicted molar refractivity (Wildman–Crippen MR) is 87.0 cm³/mol. The third-order valence-corrected chi connectivity index (χ3v) is 3.34. The SMILES string of the molecule is COCCNC(=O)c1cncc(NCc2ccccc2C)c1. The van der Waals surface area contributed by atoms with Crippen molar-refractivity contribution in [2.24, 2.45) is 0 Å². The van der Waals surface area contributed by atoms with Crippen molar-refractivity contribution < 1.29 is 9.53 Å². The van der Waals surface area contributed by atoms with Crippen LogP contribution in [0.25, 0.3) is 0 Å². The first kappa shape index (κ1) is 16.0. The number of methoxy groups -OCH3 is 1. The Hall–Kier alpha value is -2.40. The molecule has 22 heavy (non-hydrogen) atoms. The van der Waals surface area contributed by atoms with Crippen molar-refractivity contribution in [3.8, 4) is 0 Å². The molecular weight excluding hydrogens is 278 g/mol. The molecule has 2 aromatic rings. The first-order valence-electron chi connectivity index (χ1n) is 7.21. The number of hydrogen-bond acceptors (Lipinski definition) is 4. The van der Waals surface area contributed by atoms with Crippen molar-refractivity contribution >= 4 is 11.6 Å². The molecule has 116 valence electrons. The van der Waals surface area contributed by atoms with Crippen LogP contribution in [-0.2, 0) is 11.3 Å². The summed E-state index contributed by atoms with van der Waals surface area (Å²) >= 11 is 0. The fourth-order valence-electron chi connectivity index (χ4n) is 2.04. The minimum atomic E-state index is -0.149. The van der Waals surface area contributed by atoms with Crippen LogP contribution in [-0.4, -0.2) is 31.2 Å². The lowest BCUT2D eigenvalue weighted by Crippen LogP contribution is -2.27. The summed E-state index contributed by atoms with van der Waals surface area (Å²) in [4.78, 5) is 16.1. The van der Waals surface area contributed by atoms with Gasteiger partial charge >= 0.3 is 0 Å². The summed E-state index contributed by atoms with van der Waals surface area (Å²) in [5, 5.41) is 6.08. The topological polar surface area (TPSA) is 63.2 Å². The van der Waals surface area contributed by atoms with Crippen LogP contribution in [0.3, 0.4) is 0 Å². The summed E-state index contributed by atoms with van der Waals surface area (Å²) < 4.78 is 4.91. The Kier molecular flexibility index (Phi) is 5.91. The van der Waals surface area contributed by atoms with E-state index in [4.69, 9.17) is 4.74 Å². The van der Waals surface area contributed by atoms with Gasteiger partial charge in [-0.2, -0.15) is 0 Å². The number of rotatable bonds is 7. The third-order valence-electron chi connectivity index (χ3n) is 3.34. The van der Waals surface area contributed by atoms with E-state index in [-0.39, 0.29) is 5.91 Å². The number of pyridine rings is 1. The highest BCUT2D eigenvalue weighted by atomic mass is 16.5. The second-order valence-corrected chi connectivity index (χ2v) is 4.99. The lowest BCUT2D eigenvalue weighted by Gasteiger charge is -2.10. The lowest BCUT2D eigenvalue weighted by atomic mass is 10.1. The molecule has 0 bridgehead atoms. The van der Waals surface area contributed by atoms with Gasteiger partial charge in [0, 0.05) is 32.6 Å². The molecule has 0 radical (unpaired) electrons. The molecule has 0 saturated heterocycles. The molecule has 2 rings (SSSR count). The van der Waals surface area contributed by atoms with Gasteiger partial charge in [0.05, 0.1) is 17.9 Å². The molecule has 0 spiro atoms. The largest absolute Gasteiger partial charge is 0.383 e. The Bertz CT molecular complexity index is 629. The molecule has 0 fully saturated rings. The van der Waals surface area contributed by atoms with Gasteiger partial charge in [-0.25, -0.2) is 0 Å². The summed E-state index contributed by atoms with van der Waals surface area (Å²) in [6.45, 7) is 3.75. The maximum atomic E-state index is 12.0. The van der Waals surface area contributed by atoms with Gasteiger partial charge in [0.1, 0.15) is 0 Å². The lowest BCUT2D eigenvalue weighted by molar-refractivity contribution is 0.0937. The van der Waals surface area contributed by atoms with Gasteiger partial charge in [-0.15, -0.1) is 0 Å². The summed E-state index contributed by atoms with van der Waals surface area (Å²) in [6, 6.07) is 9.99. The van der Waals surface area contributed by atoms with E-state index in [0.717, 1.165) is 5.69 Å². The number of amides is 1. The molecule has 0 saturated carbocycles. The van der Waals surface area contributed by atoms with Crippen molar-refractivity contribution in [3.63, 3.8) is 0 Å². The van der Waals surface area contributed by atoms with E-state index in [1.165, 1.54) is 11.1 Å². The molecule has 5 nitrogen and oxygen atoms in total. The second-order valence-electron chi connectivity index (χ2n) is 4.99. The molecule has 1 aromatic heterocycles. The Labute approximate surface area is 130 Å². The van der Waals surface area contributed by atoms with E-state index in [2.05, 4.69) is 34.7 Å². The molecule has 1 amide bonds. The number of hydrogen-bond donors (Lipinski definition) is 2. The Morgan fingerprint density at radius 3 is 2.86 bits per heavy atom. The van der Waals surface area contributed by atoms with Crippen molar-refractivity contribution in [3.05, 3.63) is 59.4 Å². The van der Waals surface area contributed by atoms with Crippen LogP contribution in [0.5, 0.6) is 0 Å². The van der Waals surface area contributed by atoms with Crippen molar-refractivity contribution in [1.29, 1.82) is 0 Å². The highest BCUT2D eigenvalue weighted by Gasteiger charge is 2.06. The molecule has 5 heteroatoms. The van der Waals surface area contributed by atoms with Crippen molar-refractivity contribution in [1.82, 2.24) is 10.3 Å². The average Bonchev–Trinajstić information content (AvgIpc) is 2.54. The van der Waals surface area contributed by atoms with E-state index in [9.17, 15) is 4.79 Å². The van der Waals surface area contributed by atoms with Crippen LogP contribution in [0.1, 0.15) is 21.5 Å². The molecule has 1 heterocycles. The highest BCUT2D eigenvalue weighted by Crippen LogP contribution is 2.12. The number of anilines is 1. The monoisotopic (exact) mass is 299 g/mol. The Balaban J connectivity index is 1.96. The minimum absolute atomic E-state index is 0.149. The average molecular weight is 299 g/mol. The van der Waals surface area contributed by atoms with Gasteiger partial charge in [-0.3, -0.25) is 9.78 Å². The third kappa shape index (κ3) is 4.56. The molecule has 0 unspecified atom stereocenters. The quantitative estimate of drug-likeness (QED) is 0.771. The number of nitrogens with one attached hydrogen (secondary N) is 2. The number of nitrogens with zero attached hydrogens (tertiary/aromatic N) is 1. The summed E-state index contributed by atoms with van der Waals surface area (Å²) in [7, 11) is 1.60. The van der Waals surface area contributed by atoms with E-state index >= 15 is 0 Å². The molecule has 0 aliphatic heterocycles. The number of aromatic nitrogens is 1. The van der Waals surface area contributed by atoms with Crippen LogP contribution < -0.4 is 10.6 Å². The molecule has 0 aliphatic carbocycles. The van der Waals surface area contributed by atoms with Crippen LogP contribution >= 0.6 is 0 Å². The minimum Gasteiger partial charge on any atom is -0.383 e. The number of carbonyl (C=O) groups excluding carboxylic acids is 1. The number of carbonyl (C=O) groups is 1. The molecule has 1 aromatic carbocycles. The zero-order valence-corrected chi connectivity index (χ0v) is 12.9. The number of ether oxygens (including phenoxy) is 1. The van der Waals surface area contributed by atoms with Crippen LogP contribution in [0, 0.1) is 6.92 Å². The Morgan fingerprint density at radius 2 is 2.09 bits per heavy atom. The normalized spacial score (nSPS) is 10.3. The van der Waals surface area contributed by atoms with Gasteiger partial charge < -0.3 is 15.4 Å². The van der Waals surface area contributed by atoms with Crippen molar-refractivity contribution in [2.45, 2.75) is 13.5 Å². The first-order valence-corrected chi connectivity index (χ1v) is 7.21. The fourth-order valence-corrected chi connectivity index (χ4v) is 2.04. The van der Waals surface area contributed by atoms with E-state index in [0.29, 0.717) is 25.3 Å². The standard InChI is InChI=1S/C17H21N3O2/c1-13-5-3-4-6-14(13)11-20-16-9-15(10-18-12-16)17(21)19-7-8-22-2/h3-6,9-10,12,20H,7-8,11H2,1-2H3,(H,19,21). The van der Waals surface area contributed by atoms with Gasteiger partial charge in [-0.1, -0.05) is 24.3 Å². The fraction of sp³-hybridized carbons (Fsp3) is 0.294. The van der Waals surface area contributed by atoms with Gasteiger partial charge in [0.2, 0.25) is 0 Å². The molecule has 0 aliphatic rings. The summed E-state index contributed by atoms with van der Waals surface area (Å²) in [5.41, 5.74) is 3.81. The van der Waals surface area contributed by atoms with Gasteiger partial charge in [0.15, 0.2) is 0 Å². The molecule has 0 atom stereocenters. The van der Waals surface area contributed by atoms with E-state index in [1.54, 1.807) is 25.6 Å². The molecular formula is C17H21N3O2. The predicted octanol–water partition coefficient (Wildman–Crippen LogP) is 2.38. The summed E-state index contributed by atoms with van der Waals surface area (Å²) in [6.07, 6.45) is 3.27. The maximum Gasteiger partial charge on any atom is 0.253 e. The highest BCUT2D eigenvalue weighted by molar-refractivity contribution is 5.94. The van der Waals surface area contributed by atoms with Gasteiger partial charge in [0.25, 0.3) is 5.91 Å². The smallest absolute Gasteiger partial charge is 0.253 e. The maximum absolute atomic E-state index is 12.0. The summed E-state index contributed by atoms with van der Waals surface area (Å²) in [5.74, 6) is -0.149. The van der Waals surface area contributed by atoms with E-state index in [1.807, 2.05) is 12.1 Å². The van der Waals surface area contributed by atoms with E-state index < -0.39 is 0 Å². The van der Waals surface area contributed by atoms with Gasteiger partial charge in [-0.05, 0) is 24.1 Å². The van der Waals surface area contributed by atoms with Crippen LogP contribution in [0.4, 0.5) is 5.69 Å². The number of benzene rings is 1. The van der Waals surface area contributed by atoms with Crippen molar-refractivity contribution in [2.75, 3.05) is 25.6 Å². The molecule has 2 N–H and O–H groups in total. The first-order chi connectivity index (χ1) is 10.7. The zero-order chi connectivity index (χ0) is 15.8. The Morgan fingerprint density at radius 1 is 1.27 bits per heavy atom. The zero-order valence-electron chi connectivity index (χ0n) is 12.9. The van der Waals surface area contributed by atoms with Crippen LogP contribution in [0.2, 0.25) is 0 Å². The number of aryl methyl sites for hydroxylation is 1. The second kappa shape index (κ2) is 8.14. The van der Waals surface area contributed by atoms with Crippen LogP contribution in [0.15, 0.2) is 42.7 Å².